The number of pyridine rings is 1. The van der Waals surface area contributed by atoms with Crippen molar-refractivity contribution < 1.29 is 9.59 Å². The van der Waals surface area contributed by atoms with E-state index in [0.29, 0.717) is 17.8 Å². The summed E-state index contributed by atoms with van der Waals surface area (Å²) in [7, 11) is 0. The molecule has 0 unspecified atom stereocenters. The second-order valence-corrected chi connectivity index (χ2v) is 7.50. The summed E-state index contributed by atoms with van der Waals surface area (Å²) in [6, 6.07) is 10.4. The zero-order valence-corrected chi connectivity index (χ0v) is 17.0. The zero-order valence-electron chi connectivity index (χ0n) is 17.0. The Labute approximate surface area is 170 Å². The Kier molecular flexibility index (Phi) is 6.82. The minimum Gasteiger partial charge on any atom is -0.353 e. The van der Waals surface area contributed by atoms with Gasteiger partial charge in [0.25, 0.3) is 11.5 Å². The first-order chi connectivity index (χ1) is 13.9. The van der Waals surface area contributed by atoms with Crippen molar-refractivity contribution >= 4 is 17.5 Å². The predicted octanol–water partition coefficient (Wildman–Crippen LogP) is 1.93. The smallest absolute Gasteiger partial charge is 0.274 e. The Balaban J connectivity index is 1.63. The summed E-state index contributed by atoms with van der Waals surface area (Å²) in [6.07, 6.45) is 2.42. The van der Waals surface area contributed by atoms with Crippen LogP contribution in [0.4, 0.5) is 5.69 Å². The highest BCUT2D eigenvalue weighted by atomic mass is 16.2. The number of carbonyl (C=O) groups is 2. The molecule has 3 rings (SSSR count). The van der Waals surface area contributed by atoms with Crippen LogP contribution in [0.5, 0.6) is 0 Å². The van der Waals surface area contributed by atoms with Gasteiger partial charge < -0.3 is 20.1 Å². The molecule has 1 aromatic carbocycles. The van der Waals surface area contributed by atoms with Crippen molar-refractivity contribution in [2.75, 3.05) is 31.5 Å². The summed E-state index contributed by atoms with van der Waals surface area (Å²) >= 11 is 0. The largest absolute Gasteiger partial charge is 0.353 e. The molecular formula is C22H28N4O3. The fourth-order valence-corrected chi connectivity index (χ4v) is 3.42. The summed E-state index contributed by atoms with van der Waals surface area (Å²) in [5, 5.41) is 5.53. The van der Waals surface area contributed by atoms with E-state index in [0.717, 1.165) is 25.2 Å². The predicted molar refractivity (Wildman–Crippen MR) is 113 cm³/mol. The maximum Gasteiger partial charge on any atom is 0.274 e. The molecule has 7 heteroatoms. The monoisotopic (exact) mass is 396 g/mol. The van der Waals surface area contributed by atoms with Gasteiger partial charge in [-0.25, -0.2) is 0 Å². The van der Waals surface area contributed by atoms with Gasteiger partial charge in [0.05, 0.1) is 0 Å². The number of anilines is 1. The second kappa shape index (κ2) is 9.52. The van der Waals surface area contributed by atoms with Crippen LogP contribution in [0.2, 0.25) is 0 Å². The van der Waals surface area contributed by atoms with Crippen molar-refractivity contribution in [1.29, 1.82) is 0 Å². The molecule has 0 aliphatic carbocycles. The molecule has 0 atom stereocenters. The Morgan fingerprint density at radius 3 is 2.38 bits per heavy atom. The standard InChI is InChI=1S/C22H28N4O3/c1-16-5-8-18(9-6-16)21(28)24-19-10-7-17(2)26(22(19)29)15-20(27)23-11-14-25-12-3-4-13-25/h5-10H,3-4,11-15H2,1-2H3,(H,23,27)(H,24,28). The van der Waals surface area contributed by atoms with E-state index in [-0.39, 0.29) is 29.6 Å². The molecule has 7 nitrogen and oxygen atoms in total. The van der Waals surface area contributed by atoms with Gasteiger partial charge in [0.1, 0.15) is 12.2 Å². The number of rotatable bonds is 7. The van der Waals surface area contributed by atoms with Crippen LogP contribution in [0.1, 0.15) is 34.5 Å². The molecule has 154 valence electrons. The fourth-order valence-electron chi connectivity index (χ4n) is 3.42. The fraction of sp³-hybridized carbons (Fsp3) is 0.409. The zero-order chi connectivity index (χ0) is 20.8. The molecule has 0 radical (unpaired) electrons. The molecule has 0 bridgehead atoms. The van der Waals surface area contributed by atoms with Crippen molar-refractivity contribution in [2.45, 2.75) is 33.2 Å². The number of nitrogens with one attached hydrogen (secondary N) is 2. The normalized spacial score (nSPS) is 14.0. The van der Waals surface area contributed by atoms with Gasteiger partial charge in [-0.05, 0) is 64.0 Å². The molecule has 0 spiro atoms. The molecule has 1 aliphatic rings. The van der Waals surface area contributed by atoms with E-state index < -0.39 is 0 Å². The molecule has 1 aliphatic heterocycles. The van der Waals surface area contributed by atoms with E-state index in [9.17, 15) is 14.4 Å². The highest BCUT2D eigenvalue weighted by molar-refractivity contribution is 6.04. The van der Waals surface area contributed by atoms with Gasteiger partial charge in [0.15, 0.2) is 0 Å². The van der Waals surface area contributed by atoms with Gasteiger partial charge in [0.2, 0.25) is 5.91 Å². The van der Waals surface area contributed by atoms with Crippen LogP contribution in [-0.2, 0) is 11.3 Å². The summed E-state index contributed by atoms with van der Waals surface area (Å²) in [5.41, 5.74) is 1.96. The first-order valence-electron chi connectivity index (χ1n) is 10.0. The SMILES string of the molecule is Cc1ccc(C(=O)Nc2ccc(C)n(CC(=O)NCCN3CCCC3)c2=O)cc1. The van der Waals surface area contributed by atoms with Crippen molar-refractivity contribution in [3.05, 3.63) is 63.6 Å². The summed E-state index contributed by atoms with van der Waals surface area (Å²) in [5.74, 6) is -0.566. The van der Waals surface area contributed by atoms with E-state index in [1.54, 1.807) is 31.2 Å². The second-order valence-electron chi connectivity index (χ2n) is 7.50. The number of hydrogen-bond acceptors (Lipinski definition) is 4. The van der Waals surface area contributed by atoms with E-state index in [1.165, 1.54) is 17.4 Å². The van der Waals surface area contributed by atoms with E-state index in [2.05, 4.69) is 15.5 Å². The third kappa shape index (κ3) is 5.54. The molecule has 29 heavy (non-hydrogen) atoms. The lowest BCUT2D eigenvalue weighted by molar-refractivity contribution is -0.121. The van der Waals surface area contributed by atoms with Gasteiger partial charge in [-0.1, -0.05) is 17.7 Å². The van der Waals surface area contributed by atoms with Gasteiger partial charge in [-0.2, -0.15) is 0 Å². The third-order valence-corrected chi connectivity index (χ3v) is 5.21. The van der Waals surface area contributed by atoms with Crippen molar-refractivity contribution in [2.24, 2.45) is 0 Å². The lowest BCUT2D eigenvalue weighted by atomic mass is 10.1. The van der Waals surface area contributed by atoms with Crippen LogP contribution < -0.4 is 16.2 Å². The molecule has 1 aromatic heterocycles. The Bertz CT molecular complexity index is 928. The van der Waals surface area contributed by atoms with Crippen molar-refractivity contribution in [1.82, 2.24) is 14.8 Å². The molecule has 1 fully saturated rings. The lowest BCUT2D eigenvalue weighted by Gasteiger charge is -2.16. The highest BCUT2D eigenvalue weighted by Crippen LogP contribution is 2.09. The number of aromatic nitrogens is 1. The summed E-state index contributed by atoms with van der Waals surface area (Å²) in [4.78, 5) is 39.8. The van der Waals surface area contributed by atoms with Crippen LogP contribution in [-0.4, -0.2) is 47.5 Å². The van der Waals surface area contributed by atoms with Crippen LogP contribution >= 0.6 is 0 Å². The van der Waals surface area contributed by atoms with Crippen LogP contribution in [0, 0.1) is 13.8 Å². The van der Waals surface area contributed by atoms with Crippen molar-refractivity contribution in [3.63, 3.8) is 0 Å². The van der Waals surface area contributed by atoms with Crippen LogP contribution in [0.15, 0.2) is 41.2 Å². The number of nitrogens with zero attached hydrogens (tertiary/aromatic N) is 2. The van der Waals surface area contributed by atoms with Crippen LogP contribution in [0.25, 0.3) is 0 Å². The first-order valence-corrected chi connectivity index (χ1v) is 10.0. The highest BCUT2D eigenvalue weighted by Gasteiger charge is 2.14. The number of carbonyl (C=O) groups excluding carboxylic acids is 2. The molecular weight excluding hydrogens is 368 g/mol. The number of aryl methyl sites for hydroxylation is 2. The van der Waals surface area contributed by atoms with E-state index in [4.69, 9.17) is 0 Å². The van der Waals surface area contributed by atoms with Gasteiger partial charge in [-0.15, -0.1) is 0 Å². The number of likely N-dealkylation sites (tertiary alicyclic amines) is 1. The molecule has 2 aromatic rings. The quantitative estimate of drug-likeness (QED) is 0.749. The maximum absolute atomic E-state index is 12.8. The third-order valence-electron chi connectivity index (χ3n) is 5.21. The minimum absolute atomic E-state index is 0.0705. The van der Waals surface area contributed by atoms with E-state index >= 15 is 0 Å². The van der Waals surface area contributed by atoms with Gasteiger partial charge in [0, 0.05) is 24.3 Å². The first kappa shape index (κ1) is 20.8. The lowest BCUT2D eigenvalue weighted by Crippen LogP contribution is -2.38. The molecule has 2 N–H and O–H groups in total. The number of hydrogen-bond donors (Lipinski definition) is 2. The van der Waals surface area contributed by atoms with Crippen LogP contribution in [0.3, 0.4) is 0 Å². The summed E-state index contributed by atoms with van der Waals surface area (Å²) in [6.45, 7) is 7.19. The average Bonchev–Trinajstić information content (AvgIpc) is 3.21. The van der Waals surface area contributed by atoms with Gasteiger partial charge in [-0.3, -0.25) is 14.4 Å². The maximum atomic E-state index is 12.8. The molecule has 1 saturated heterocycles. The Hall–Kier alpha value is -2.93. The number of benzene rings is 1. The summed E-state index contributed by atoms with van der Waals surface area (Å²) < 4.78 is 1.38. The van der Waals surface area contributed by atoms with Gasteiger partial charge >= 0.3 is 0 Å². The molecule has 0 saturated carbocycles. The Morgan fingerprint density at radius 2 is 1.69 bits per heavy atom. The average molecular weight is 396 g/mol. The van der Waals surface area contributed by atoms with E-state index in [1.807, 2.05) is 19.1 Å². The number of amides is 2. The minimum atomic E-state index is -0.389. The molecule has 2 heterocycles. The molecule has 2 amide bonds. The Morgan fingerprint density at radius 1 is 1.00 bits per heavy atom. The van der Waals surface area contributed by atoms with Crippen molar-refractivity contribution in [3.8, 4) is 0 Å². The topological polar surface area (TPSA) is 83.4 Å².